The first-order valence-corrected chi connectivity index (χ1v) is 8.33. The number of non-ortho nitro benzene ring substituents is 1. The Bertz CT molecular complexity index is 956. The zero-order valence-corrected chi connectivity index (χ0v) is 14.9. The lowest BCUT2D eigenvalue weighted by molar-refractivity contribution is -0.384. The Balaban J connectivity index is 1.95. The van der Waals surface area contributed by atoms with Crippen molar-refractivity contribution in [1.29, 1.82) is 0 Å². The summed E-state index contributed by atoms with van der Waals surface area (Å²) in [6.45, 7) is 1.61. The van der Waals surface area contributed by atoms with Crippen molar-refractivity contribution in [1.82, 2.24) is 10.6 Å². The summed E-state index contributed by atoms with van der Waals surface area (Å²) in [5.41, 5.74) is 1.56. The molecule has 0 fully saturated rings. The summed E-state index contributed by atoms with van der Waals surface area (Å²) in [4.78, 5) is 35.1. The van der Waals surface area contributed by atoms with Crippen molar-refractivity contribution in [3.8, 4) is 0 Å². The highest BCUT2D eigenvalue weighted by Crippen LogP contribution is 2.30. The van der Waals surface area contributed by atoms with Crippen LogP contribution in [0, 0.1) is 10.1 Å². The number of allylic oxidation sites excluding steroid dienone is 1. The molecule has 1 aliphatic rings. The minimum absolute atomic E-state index is 0.0817. The van der Waals surface area contributed by atoms with E-state index < -0.39 is 22.9 Å². The number of urea groups is 1. The van der Waals surface area contributed by atoms with E-state index in [0.717, 1.165) is 0 Å². The van der Waals surface area contributed by atoms with Crippen molar-refractivity contribution in [3.63, 3.8) is 0 Å². The first kappa shape index (κ1) is 18.4. The first-order valence-electron chi connectivity index (χ1n) is 7.95. The molecule has 9 heteroatoms. The lowest BCUT2D eigenvalue weighted by Gasteiger charge is -2.28. The molecule has 27 heavy (non-hydrogen) atoms. The molecule has 0 aliphatic carbocycles. The number of benzene rings is 2. The number of nitrogens with zero attached hydrogens (tertiary/aromatic N) is 1. The Morgan fingerprint density at radius 3 is 2.48 bits per heavy atom. The summed E-state index contributed by atoms with van der Waals surface area (Å²) < 4.78 is 0. The van der Waals surface area contributed by atoms with Crippen molar-refractivity contribution >= 4 is 34.9 Å². The highest BCUT2D eigenvalue weighted by atomic mass is 35.5. The number of nitro groups is 1. The molecular weight excluding hydrogens is 372 g/mol. The van der Waals surface area contributed by atoms with Crippen LogP contribution in [-0.4, -0.2) is 16.9 Å². The van der Waals surface area contributed by atoms with Crippen molar-refractivity contribution in [2.75, 3.05) is 5.32 Å². The second-order valence-electron chi connectivity index (χ2n) is 5.85. The third kappa shape index (κ3) is 3.90. The van der Waals surface area contributed by atoms with E-state index in [4.69, 9.17) is 11.6 Å². The Morgan fingerprint density at radius 2 is 1.85 bits per heavy atom. The van der Waals surface area contributed by atoms with Crippen LogP contribution in [0.25, 0.3) is 0 Å². The van der Waals surface area contributed by atoms with Gasteiger partial charge in [0.05, 0.1) is 27.2 Å². The Labute approximate surface area is 159 Å². The fourth-order valence-electron chi connectivity index (χ4n) is 2.79. The van der Waals surface area contributed by atoms with Crippen molar-refractivity contribution in [2.24, 2.45) is 0 Å². The molecule has 0 spiro atoms. The van der Waals surface area contributed by atoms with Gasteiger partial charge in [0.15, 0.2) is 0 Å². The average molecular weight is 387 g/mol. The molecule has 2 aromatic carbocycles. The van der Waals surface area contributed by atoms with E-state index in [1.165, 1.54) is 24.3 Å². The van der Waals surface area contributed by atoms with Gasteiger partial charge >= 0.3 is 6.03 Å². The lowest BCUT2D eigenvalue weighted by atomic mass is 9.94. The predicted octanol–water partition coefficient (Wildman–Crippen LogP) is 3.51. The van der Waals surface area contributed by atoms with Crippen LogP contribution >= 0.6 is 11.6 Å². The maximum Gasteiger partial charge on any atom is 0.319 e. The van der Waals surface area contributed by atoms with Crippen molar-refractivity contribution in [2.45, 2.75) is 13.0 Å². The van der Waals surface area contributed by atoms with E-state index in [0.29, 0.717) is 22.0 Å². The summed E-state index contributed by atoms with van der Waals surface area (Å²) in [6, 6.07) is 11.2. The molecule has 0 radical (unpaired) electrons. The molecule has 0 bridgehead atoms. The molecular formula is C18H15ClN4O4. The van der Waals surface area contributed by atoms with E-state index in [-0.39, 0.29) is 11.3 Å². The van der Waals surface area contributed by atoms with Crippen LogP contribution in [0.4, 0.5) is 16.2 Å². The number of halogens is 1. The van der Waals surface area contributed by atoms with E-state index in [1.807, 2.05) is 0 Å². The van der Waals surface area contributed by atoms with Gasteiger partial charge in [-0.25, -0.2) is 4.79 Å². The summed E-state index contributed by atoms with van der Waals surface area (Å²) in [5, 5.41) is 19.2. The molecule has 3 rings (SSSR count). The van der Waals surface area contributed by atoms with Gasteiger partial charge in [0.2, 0.25) is 0 Å². The molecule has 0 saturated carbocycles. The molecule has 8 nitrogen and oxygen atoms in total. The van der Waals surface area contributed by atoms with Gasteiger partial charge in [-0.1, -0.05) is 23.7 Å². The summed E-state index contributed by atoms with van der Waals surface area (Å²) in [7, 11) is 0. The molecule has 2 aromatic rings. The number of nitro benzene ring substituents is 1. The van der Waals surface area contributed by atoms with Crippen LogP contribution in [0.2, 0.25) is 5.02 Å². The Hall–Kier alpha value is -3.39. The molecule has 0 aromatic heterocycles. The number of carbonyl (C=O) groups excluding carboxylic acids is 2. The summed E-state index contributed by atoms with van der Waals surface area (Å²) in [6.07, 6.45) is 0. The van der Waals surface area contributed by atoms with Crippen LogP contribution in [0.5, 0.6) is 0 Å². The standard InChI is InChI=1S/C18H15ClN4O4/c1-10-15(17(24)21-14-5-3-2-4-13(14)19)16(22-18(25)20-10)11-6-8-12(9-7-11)23(26)27/h2-9,16H,1H3,(H,21,24)(H2,20,22,25)/t16-/m1/s1. The van der Waals surface area contributed by atoms with E-state index >= 15 is 0 Å². The molecule has 3 N–H and O–H groups in total. The van der Waals surface area contributed by atoms with Gasteiger partial charge in [-0.05, 0) is 36.8 Å². The normalized spacial score (nSPS) is 16.4. The number of hydrogen-bond donors (Lipinski definition) is 3. The van der Waals surface area contributed by atoms with Crippen LogP contribution in [0.15, 0.2) is 59.8 Å². The number of nitrogens with one attached hydrogen (secondary N) is 3. The number of carbonyl (C=O) groups is 2. The summed E-state index contributed by atoms with van der Waals surface area (Å²) in [5.74, 6) is -0.448. The predicted molar refractivity (Wildman–Crippen MR) is 100 cm³/mol. The third-order valence-corrected chi connectivity index (χ3v) is 4.40. The van der Waals surface area contributed by atoms with E-state index in [2.05, 4.69) is 16.0 Å². The largest absolute Gasteiger partial charge is 0.327 e. The van der Waals surface area contributed by atoms with Crippen molar-refractivity contribution < 1.29 is 14.5 Å². The number of hydrogen-bond acceptors (Lipinski definition) is 4. The minimum atomic E-state index is -0.762. The zero-order chi connectivity index (χ0) is 19.6. The van der Waals surface area contributed by atoms with Crippen molar-refractivity contribution in [3.05, 3.63) is 80.5 Å². The quantitative estimate of drug-likeness (QED) is 0.551. The highest BCUT2D eigenvalue weighted by molar-refractivity contribution is 6.33. The SMILES string of the molecule is CC1=C(C(=O)Nc2ccccc2Cl)[C@@H](c2ccc([N+](=O)[O-])cc2)NC(=O)N1. The third-order valence-electron chi connectivity index (χ3n) is 4.07. The molecule has 138 valence electrons. The van der Waals surface area contributed by atoms with E-state index in [1.54, 1.807) is 31.2 Å². The molecule has 1 aliphatic heterocycles. The Kier molecular flexibility index (Phi) is 5.09. The molecule has 1 atom stereocenters. The van der Waals surface area contributed by atoms with Crippen LogP contribution in [0.3, 0.4) is 0 Å². The average Bonchev–Trinajstić information content (AvgIpc) is 2.63. The van der Waals surface area contributed by atoms with Gasteiger partial charge in [-0.2, -0.15) is 0 Å². The smallest absolute Gasteiger partial charge is 0.319 e. The van der Waals surface area contributed by atoms with Gasteiger partial charge in [0.1, 0.15) is 0 Å². The lowest BCUT2D eigenvalue weighted by Crippen LogP contribution is -2.45. The fraction of sp³-hybridized carbons (Fsp3) is 0.111. The van der Waals surface area contributed by atoms with Crippen LogP contribution < -0.4 is 16.0 Å². The topological polar surface area (TPSA) is 113 Å². The highest BCUT2D eigenvalue weighted by Gasteiger charge is 2.31. The maximum atomic E-state index is 12.9. The summed E-state index contributed by atoms with van der Waals surface area (Å²) >= 11 is 6.09. The second-order valence-corrected chi connectivity index (χ2v) is 6.26. The maximum absolute atomic E-state index is 12.9. The zero-order valence-electron chi connectivity index (χ0n) is 14.2. The van der Waals surface area contributed by atoms with Crippen LogP contribution in [-0.2, 0) is 4.79 Å². The number of anilines is 1. The number of amides is 3. The second kappa shape index (κ2) is 7.46. The fourth-order valence-corrected chi connectivity index (χ4v) is 2.97. The number of rotatable bonds is 4. The minimum Gasteiger partial charge on any atom is -0.327 e. The molecule has 0 saturated heterocycles. The van der Waals surface area contributed by atoms with Gasteiger partial charge in [-0.15, -0.1) is 0 Å². The molecule has 1 heterocycles. The van der Waals surface area contributed by atoms with Gasteiger partial charge in [-0.3, -0.25) is 14.9 Å². The van der Waals surface area contributed by atoms with Crippen LogP contribution in [0.1, 0.15) is 18.5 Å². The molecule has 0 unspecified atom stereocenters. The van der Waals surface area contributed by atoms with Gasteiger partial charge in [0.25, 0.3) is 11.6 Å². The Morgan fingerprint density at radius 1 is 1.19 bits per heavy atom. The molecule has 3 amide bonds. The number of para-hydroxylation sites is 1. The first-order chi connectivity index (χ1) is 12.9. The van der Waals surface area contributed by atoms with E-state index in [9.17, 15) is 19.7 Å². The monoisotopic (exact) mass is 386 g/mol. The van der Waals surface area contributed by atoms with Gasteiger partial charge in [0, 0.05) is 17.8 Å². The van der Waals surface area contributed by atoms with Gasteiger partial charge < -0.3 is 16.0 Å².